The second-order valence-corrected chi connectivity index (χ2v) is 5.33. The molecule has 0 fully saturated rings. The van der Waals surface area contributed by atoms with E-state index in [1.165, 1.54) is 6.92 Å². The van der Waals surface area contributed by atoms with Crippen molar-refractivity contribution in [1.82, 2.24) is 0 Å². The highest BCUT2D eigenvalue weighted by Gasteiger charge is 2.17. The molecule has 0 spiro atoms. The third-order valence-corrected chi connectivity index (χ3v) is 3.64. The van der Waals surface area contributed by atoms with Crippen molar-refractivity contribution in [2.45, 2.75) is 6.92 Å². The number of carbonyl (C=O) groups excluding carboxylic acids is 2. The lowest BCUT2D eigenvalue weighted by atomic mass is 10.3. The van der Waals surface area contributed by atoms with Crippen molar-refractivity contribution in [1.29, 1.82) is 0 Å². The Labute approximate surface area is 124 Å². The van der Waals surface area contributed by atoms with Crippen molar-refractivity contribution in [3.05, 3.63) is 35.2 Å². The molecule has 0 saturated carbocycles. The fourth-order valence-corrected chi connectivity index (χ4v) is 2.61. The smallest absolute Gasteiger partial charge is 0.353 e. The van der Waals surface area contributed by atoms with Gasteiger partial charge in [0.05, 0.1) is 5.00 Å². The van der Waals surface area contributed by atoms with Crippen molar-refractivity contribution >= 4 is 28.2 Å². The van der Waals surface area contributed by atoms with E-state index in [4.69, 9.17) is 14.2 Å². The molecule has 1 N–H and O–H groups in total. The van der Waals surface area contributed by atoms with E-state index in [2.05, 4.69) is 5.32 Å². The van der Waals surface area contributed by atoms with Crippen molar-refractivity contribution < 1.29 is 23.8 Å². The zero-order chi connectivity index (χ0) is 14.8. The van der Waals surface area contributed by atoms with Crippen LogP contribution in [0.2, 0.25) is 0 Å². The molecule has 1 aliphatic heterocycles. The van der Waals surface area contributed by atoms with Gasteiger partial charge >= 0.3 is 5.97 Å². The fraction of sp³-hybridized carbons (Fsp3) is 0.143. The van der Waals surface area contributed by atoms with E-state index in [-0.39, 0.29) is 12.7 Å². The van der Waals surface area contributed by atoms with Crippen LogP contribution in [0.25, 0.3) is 0 Å². The number of carbonyl (C=O) groups is 2. The second kappa shape index (κ2) is 5.45. The molecule has 21 heavy (non-hydrogen) atoms. The third kappa shape index (κ3) is 2.97. The summed E-state index contributed by atoms with van der Waals surface area (Å²) in [6, 6.07) is 8.17. The normalized spacial score (nSPS) is 12.0. The summed E-state index contributed by atoms with van der Waals surface area (Å²) in [7, 11) is 0. The van der Waals surface area contributed by atoms with Crippen LogP contribution >= 0.6 is 11.3 Å². The lowest BCUT2D eigenvalue weighted by molar-refractivity contribution is -0.114. The molecule has 108 valence electrons. The van der Waals surface area contributed by atoms with Gasteiger partial charge in [-0.3, -0.25) is 4.79 Å². The number of rotatable bonds is 3. The molecular weight excluding hydrogens is 294 g/mol. The van der Waals surface area contributed by atoms with Crippen LogP contribution in [0, 0.1) is 0 Å². The van der Waals surface area contributed by atoms with Crippen molar-refractivity contribution in [3.8, 4) is 17.2 Å². The lowest BCUT2D eigenvalue weighted by Gasteiger charge is -2.03. The molecule has 2 heterocycles. The van der Waals surface area contributed by atoms with Gasteiger partial charge in [0.15, 0.2) is 11.5 Å². The van der Waals surface area contributed by atoms with E-state index in [0.29, 0.717) is 27.1 Å². The van der Waals surface area contributed by atoms with E-state index in [0.717, 1.165) is 11.3 Å². The quantitative estimate of drug-likeness (QED) is 0.697. The maximum absolute atomic E-state index is 12.0. The second-order valence-electron chi connectivity index (χ2n) is 4.25. The van der Waals surface area contributed by atoms with Gasteiger partial charge in [0.25, 0.3) is 0 Å². The highest BCUT2D eigenvalue weighted by molar-refractivity contribution is 7.18. The average Bonchev–Trinajstić information content (AvgIpc) is 3.06. The molecule has 0 atom stereocenters. The van der Waals surface area contributed by atoms with Gasteiger partial charge in [-0.15, -0.1) is 11.3 Å². The summed E-state index contributed by atoms with van der Waals surface area (Å²) in [6.45, 7) is 1.57. The number of ether oxygens (including phenoxy) is 3. The number of fused-ring (bicyclic) bond motifs is 1. The van der Waals surface area contributed by atoms with Crippen molar-refractivity contribution in [3.63, 3.8) is 0 Å². The predicted octanol–water partition coefficient (Wildman–Crippen LogP) is 2.65. The zero-order valence-corrected chi connectivity index (χ0v) is 11.9. The summed E-state index contributed by atoms with van der Waals surface area (Å²) in [5.74, 6) is 0.867. The van der Waals surface area contributed by atoms with E-state index in [1.54, 1.807) is 30.3 Å². The average molecular weight is 305 g/mol. The molecule has 7 heteroatoms. The largest absolute Gasteiger partial charge is 0.454 e. The molecule has 0 radical (unpaired) electrons. The number of anilines is 1. The minimum Gasteiger partial charge on any atom is -0.454 e. The Bertz CT molecular complexity index is 709. The SMILES string of the molecule is CC(=O)Nc1ccc(C(=O)Oc2ccc3c(c2)OCO3)s1. The first-order valence-corrected chi connectivity index (χ1v) is 6.93. The van der Waals surface area contributed by atoms with Gasteiger partial charge in [0.2, 0.25) is 12.7 Å². The summed E-state index contributed by atoms with van der Waals surface area (Å²) in [6.07, 6.45) is 0. The topological polar surface area (TPSA) is 73.9 Å². The summed E-state index contributed by atoms with van der Waals surface area (Å²) in [4.78, 5) is 23.4. The van der Waals surface area contributed by atoms with Crippen LogP contribution in [0.5, 0.6) is 17.2 Å². The molecule has 3 rings (SSSR count). The van der Waals surface area contributed by atoms with Gasteiger partial charge < -0.3 is 19.5 Å². The summed E-state index contributed by atoms with van der Waals surface area (Å²) >= 11 is 1.15. The Morgan fingerprint density at radius 2 is 2.00 bits per heavy atom. The van der Waals surface area contributed by atoms with E-state index < -0.39 is 5.97 Å². The standard InChI is InChI=1S/C14H11NO5S/c1-8(16)15-13-5-4-12(21-13)14(17)20-9-2-3-10-11(6-9)19-7-18-10/h2-6H,7H2,1H3,(H,15,16). The maximum Gasteiger partial charge on any atom is 0.353 e. The van der Waals surface area contributed by atoms with Crippen molar-refractivity contribution in [2.75, 3.05) is 12.1 Å². The Kier molecular flexibility index (Phi) is 3.49. The van der Waals surface area contributed by atoms with Crippen LogP contribution in [-0.2, 0) is 4.79 Å². The Balaban J connectivity index is 1.71. The number of amides is 1. The molecule has 1 aliphatic rings. The molecule has 2 aromatic rings. The van der Waals surface area contributed by atoms with Crippen LogP contribution in [-0.4, -0.2) is 18.7 Å². The molecule has 0 saturated heterocycles. The monoisotopic (exact) mass is 305 g/mol. The zero-order valence-electron chi connectivity index (χ0n) is 11.0. The highest BCUT2D eigenvalue weighted by atomic mass is 32.1. The van der Waals surface area contributed by atoms with Crippen LogP contribution < -0.4 is 19.5 Å². The first-order valence-electron chi connectivity index (χ1n) is 6.11. The lowest BCUT2D eigenvalue weighted by Crippen LogP contribution is -2.06. The number of nitrogens with one attached hydrogen (secondary N) is 1. The number of thiophene rings is 1. The Morgan fingerprint density at radius 3 is 2.81 bits per heavy atom. The Hall–Kier alpha value is -2.54. The van der Waals surface area contributed by atoms with Crippen LogP contribution in [0.4, 0.5) is 5.00 Å². The van der Waals surface area contributed by atoms with Gasteiger partial charge in [-0.05, 0) is 24.3 Å². The molecule has 1 aromatic heterocycles. The van der Waals surface area contributed by atoms with E-state index >= 15 is 0 Å². The molecule has 1 aromatic carbocycles. The number of esters is 1. The molecule has 6 nitrogen and oxygen atoms in total. The van der Waals surface area contributed by atoms with Crippen LogP contribution in [0.3, 0.4) is 0 Å². The van der Waals surface area contributed by atoms with Crippen molar-refractivity contribution in [2.24, 2.45) is 0 Å². The molecule has 0 bridgehead atoms. The maximum atomic E-state index is 12.0. The molecule has 1 amide bonds. The first kappa shape index (κ1) is 13.4. The predicted molar refractivity (Wildman–Crippen MR) is 76.1 cm³/mol. The van der Waals surface area contributed by atoms with E-state index in [1.807, 2.05) is 0 Å². The third-order valence-electron chi connectivity index (χ3n) is 2.66. The minimum atomic E-state index is -0.490. The number of hydrogen-bond acceptors (Lipinski definition) is 6. The fourth-order valence-electron chi connectivity index (χ4n) is 1.79. The highest BCUT2D eigenvalue weighted by Crippen LogP contribution is 2.35. The summed E-state index contributed by atoms with van der Waals surface area (Å²) < 4.78 is 15.7. The van der Waals surface area contributed by atoms with Gasteiger partial charge in [-0.25, -0.2) is 4.79 Å². The van der Waals surface area contributed by atoms with Gasteiger partial charge in [-0.1, -0.05) is 0 Å². The van der Waals surface area contributed by atoms with Gasteiger partial charge in [0, 0.05) is 13.0 Å². The molecular formula is C14H11NO5S. The minimum absolute atomic E-state index is 0.164. The van der Waals surface area contributed by atoms with Crippen LogP contribution in [0.1, 0.15) is 16.6 Å². The molecule has 0 aliphatic carbocycles. The Morgan fingerprint density at radius 1 is 1.19 bits per heavy atom. The number of benzene rings is 1. The molecule has 0 unspecified atom stereocenters. The van der Waals surface area contributed by atoms with E-state index in [9.17, 15) is 9.59 Å². The summed E-state index contributed by atoms with van der Waals surface area (Å²) in [5, 5.41) is 3.21. The first-order chi connectivity index (χ1) is 10.1. The summed E-state index contributed by atoms with van der Waals surface area (Å²) in [5.41, 5.74) is 0. The number of hydrogen-bond donors (Lipinski definition) is 1. The van der Waals surface area contributed by atoms with Gasteiger partial charge in [-0.2, -0.15) is 0 Å². The van der Waals surface area contributed by atoms with Gasteiger partial charge in [0.1, 0.15) is 10.6 Å². The van der Waals surface area contributed by atoms with Crippen LogP contribution in [0.15, 0.2) is 30.3 Å².